The largest absolute Gasteiger partial charge is 0.503 e. The molecule has 2 heterocycles. The van der Waals surface area contributed by atoms with E-state index in [0.29, 0.717) is 6.54 Å². The number of amides is 1. The summed E-state index contributed by atoms with van der Waals surface area (Å²) in [6.07, 6.45) is 0.276. The van der Waals surface area contributed by atoms with Gasteiger partial charge in [-0.2, -0.15) is 0 Å². The number of nitrogens with zero attached hydrogens (tertiary/aromatic N) is 2. The van der Waals surface area contributed by atoms with Crippen LogP contribution in [0.1, 0.15) is 38.1 Å². The molecule has 126 valence electrons. The molecule has 1 aromatic rings. The van der Waals surface area contributed by atoms with Gasteiger partial charge in [0.05, 0.1) is 11.6 Å². The van der Waals surface area contributed by atoms with Gasteiger partial charge in [0.25, 0.3) is 5.91 Å². The summed E-state index contributed by atoms with van der Waals surface area (Å²) >= 11 is 1.50. The number of carbonyl (C=O) groups is 2. The molecule has 1 aliphatic heterocycles. The molecule has 0 fully saturated rings. The predicted octanol–water partition coefficient (Wildman–Crippen LogP) is 2.76. The SMILES string of the molecule is CCC(=O)C1=C(O)C(=O)N(CCN(CC)CC)C1c1cccs1. The Morgan fingerprint density at radius 3 is 2.57 bits per heavy atom. The van der Waals surface area contributed by atoms with Gasteiger partial charge in [-0.3, -0.25) is 9.59 Å². The molecule has 0 radical (unpaired) electrons. The summed E-state index contributed by atoms with van der Waals surface area (Å²) in [5, 5.41) is 12.2. The molecule has 1 aliphatic rings. The molecule has 0 bridgehead atoms. The molecule has 23 heavy (non-hydrogen) atoms. The number of hydrogen-bond acceptors (Lipinski definition) is 5. The molecular formula is C17H24N2O3S. The Labute approximate surface area is 141 Å². The minimum atomic E-state index is -0.453. The zero-order chi connectivity index (χ0) is 17.0. The van der Waals surface area contributed by atoms with E-state index >= 15 is 0 Å². The topological polar surface area (TPSA) is 60.9 Å². The van der Waals surface area contributed by atoms with Gasteiger partial charge in [-0.15, -0.1) is 11.3 Å². The molecule has 2 rings (SSSR count). The van der Waals surface area contributed by atoms with Crippen LogP contribution in [0.4, 0.5) is 0 Å². The predicted molar refractivity (Wildman–Crippen MR) is 91.5 cm³/mol. The highest BCUT2D eigenvalue weighted by atomic mass is 32.1. The number of likely N-dealkylation sites (N-methyl/N-ethyl adjacent to an activating group) is 1. The second kappa shape index (κ2) is 7.75. The van der Waals surface area contributed by atoms with Crippen LogP contribution in [0.25, 0.3) is 0 Å². The van der Waals surface area contributed by atoms with Crippen molar-refractivity contribution in [3.63, 3.8) is 0 Å². The van der Waals surface area contributed by atoms with Crippen LogP contribution in [0.15, 0.2) is 28.8 Å². The molecule has 0 spiro atoms. The lowest BCUT2D eigenvalue weighted by Gasteiger charge is -2.28. The standard InChI is InChI=1S/C17H24N2O3S/c1-4-12(20)14-15(13-8-7-11-23-13)19(17(22)16(14)21)10-9-18(5-2)6-3/h7-8,11,15,21H,4-6,9-10H2,1-3H3. The summed E-state index contributed by atoms with van der Waals surface area (Å²) in [5.41, 5.74) is 0.250. The summed E-state index contributed by atoms with van der Waals surface area (Å²) < 4.78 is 0. The van der Waals surface area contributed by atoms with Crippen molar-refractivity contribution in [1.29, 1.82) is 0 Å². The van der Waals surface area contributed by atoms with E-state index in [0.717, 1.165) is 24.5 Å². The van der Waals surface area contributed by atoms with Gasteiger partial charge < -0.3 is 14.9 Å². The van der Waals surface area contributed by atoms with E-state index in [1.54, 1.807) is 11.8 Å². The van der Waals surface area contributed by atoms with Crippen molar-refractivity contribution in [1.82, 2.24) is 9.80 Å². The van der Waals surface area contributed by atoms with Crippen LogP contribution in [0.2, 0.25) is 0 Å². The first kappa shape index (κ1) is 17.7. The fourth-order valence-electron chi connectivity index (χ4n) is 2.89. The third kappa shape index (κ3) is 3.48. The highest BCUT2D eigenvalue weighted by molar-refractivity contribution is 7.10. The number of aliphatic hydroxyl groups excluding tert-OH is 1. The first-order valence-electron chi connectivity index (χ1n) is 8.08. The minimum Gasteiger partial charge on any atom is -0.503 e. The molecular weight excluding hydrogens is 312 g/mol. The summed E-state index contributed by atoms with van der Waals surface area (Å²) in [5.74, 6) is -0.984. The Hall–Kier alpha value is -1.66. The number of hydrogen-bond donors (Lipinski definition) is 1. The average Bonchev–Trinajstić information content (AvgIpc) is 3.16. The molecule has 1 amide bonds. The highest BCUT2D eigenvalue weighted by Gasteiger charge is 2.43. The van der Waals surface area contributed by atoms with Crippen LogP contribution in [-0.4, -0.2) is 52.8 Å². The fourth-order valence-corrected chi connectivity index (χ4v) is 3.74. The van der Waals surface area contributed by atoms with Crippen molar-refractivity contribution >= 4 is 23.0 Å². The molecule has 0 aromatic carbocycles. The van der Waals surface area contributed by atoms with Gasteiger partial charge in [0.15, 0.2) is 11.5 Å². The molecule has 5 nitrogen and oxygen atoms in total. The molecule has 1 atom stereocenters. The maximum atomic E-state index is 12.5. The number of rotatable bonds is 8. The molecule has 0 saturated carbocycles. The Bertz CT molecular complexity index is 591. The van der Waals surface area contributed by atoms with Crippen LogP contribution in [0.3, 0.4) is 0 Å². The molecule has 1 unspecified atom stereocenters. The second-order valence-electron chi connectivity index (χ2n) is 5.48. The Morgan fingerprint density at radius 1 is 1.35 bits per heavy atom. The fraction of sp³-hybridized carbons (Fsp3) is 0.529. The minimum absolute atomic E-state index is 0.167. The van der Waals surface area contributed by atoms with Crippen molar-refractivity contribution in [2.24, 2.45) is 0 Å². The van der Waals surface area contributed by atoms with Crippen molar-refractivity contribution in [3.05, 3.63) is 33.7 Å². The zero-order valence-electron chi connectivity index (χ0n) is 13.9. The number of thiophene rings is 1. The molecule has 1 aromatic heterocycles. The van der Waals surface area contributed by atoms with Gasteiger partial charge in [-0.25, -0.2) is 0 Å². The summed E-state index contributed by atoms with van der Waals surface area (Å²) in [6, 6.07) is 3.36. The normalized spacial score (nSPS) is 18.3. The average molecular weight is 336 g/mol. The third-order valence-corrected chi connectivity index (χ3v) is 5.21. The Kier molecular flexibility index (Phi) is 5.96. The highest BCUT2D eigenvalue weighted by Crippen LogP contribution is 2.39. The lowest BCUT2D eigenvalue weighted by molar-refractivity contribution is -0.129. The molecule has 0 saturated heterocycles. The quantitative estimate of drug-likeness (QED) is 0.793. The van der Waals surface area contributed by atoms with Crippen molar-refractivity contribution < 1.29 is 14.7 Å². The first-order chi connectivity index (χ1) is 11.0. The summed E-state index contributed by atoms with van der Waals surface area (Å²) in [7, 11) is 0. The smallest absolute Gasteiger partial charge is 0.290 e. The van der Waals surface area contributed by atoms with Crippen molar-refractivity contribution in [2.45, 2.75) is 33.2 Å². The lowest BCUT2D eigenvalue weighted by atomic mass is 10.0. The van der Waals surface area contributed by atoms with E-state index in [1.165, 1.54) is 11.3 Å². The van der Waals surface area contributed by atoms with Gasteiger partial charge in [0.1, 0.15) is 0 Å². The van der Waals surface area contributed by atoms with Crippen LogP contribution in [-0.2, 0) is 9.59 Å². The molecule has 0 aliphatic carbocycles. The van der Waals surface area contributed by atoms with Gasteiger partial charge in [0.2, 0.25) is 0 Å². The molecule has 6 heteroatoms. The Balaban J connectivity index is 2.31. The first-order valence-corrected chi connectivity index (χ1v) is 8.96. The van der Waals surface area contributed by atoms with Crippen molar-refractivity contribution in [3.8, 4) is 0 Å². The van der Waals surface area contributed by atoms with Crippen LogP contribution in [0, 0.1) is 0 Å². The lowest BCUT2D eigenvalue weighted by Crippen LogP contribution is -2.38. The van der Waals surface area contributed by atoms with Crippen LogP contribution >= 0.6 is 11.3 Å². The van der Waals surface area contributed by atoms with E-state index < -0.39 is 11.9 Å². The maximum Gasteiger partial charge on any atom is 0.290 e. The number of carbonyl (C=O) groups excluding carboxylic acids is 2. The van der Waals surface area contributed by atoms with Crippen LogP contribution in [0.5, 0.6) is 0 Å². The van der Waals surface area contributed by atoms with E-state index in [1.807, 2.05) is 17.5 Å². The van der Waals surface area contributed by atoms with Gasteiger partial charge in [-0.1, -0.05) is 26.8 Å². The van der Waals surface area contributed by atoms with Crippen LogP contribution < -0.4 is 0 Å². The van der Waals surface area contributed by atoms with E-state index in [4.69, 9.17) is 0 Å². The second-order valence-corrected chi connectivity index (χ2v) is 6.46. The van der Waals surface area contributed by atoms with E-state index in [-0.39, 0.29) is 23.5 Å². The number of ketones is 1. The summed E-state index contributed by atoms with van der Waals surface area (Å²) in [6.45, 7) is 8.93. The van der Waals surface area contributed by atoms with Gasteiger partial charge >= 0.3 is 0 Å². The zero-order valence-corrected chi connectivity index (χ0v) is 14.7. The van der Waals surface area contributed by atoms with E-state index in [9.17, 15) is 14.7 Å². The number of aliphatic hydroxyl groups is 1. The molecule has 1 N–H and O–H groups in total. The van der Waals surface area contributed by atoms with Gasteiger partial charge in [0, 0.05) is 24.4 Å². The third-order valence-electron chi connectivity index (χ3n) is 4.29. The maximum absolute atomic E-state index is 12.5. The monoisotopic (exact) mass is 336 g/mol. The van der Waals surface area contributed by atoms with Crippen molar-refractivity contribution in [2.75, 3.05) is 26.2 Å². The van der Waals surface area contributed by atoms with E-state index in [2.05, 4.69) is 18.7 Å². The number of Topliss-reactive ketones (excluding diaryl/α,β-unsaturated/α-hetero) is 1. The summed E-state index contributed by atoms with van der Waals surface area (Å²) in [4.78, 5) is 29.5. The van der Waals surface area contributed by atoms with Gasteiger partial charge in [-0.05, 0) is 24.5 Å². The Morgan fingerprint density at radius 2 is 2.04 bits per heavy atom.